The summed E-state index contributed by atoms with van der Waals surface area (Å²) >= 11 is 7.77. The molecule has 0 heterocycles. The molecule has 9 heteroatoms. The number of hydrogen-bond acceptors (Lipinski definition) is 5. The van der Waals surface area contributed by atoms with Gasteiger partial charge in [-0.2, -0.15) is 5.26 Å². The Morgan fingerprint density at radius 1 is 1.32 bits per heavy atom. The number of carbonyl (C=O) groups excluding carboxylic acids is 1. The molecule has 0 aliphatic carbocycles. The number of hydrogen-bond donors (Lipinski definition) is 2. The van der Waals surface area contributed by atoms with Crippen LogP contribution in [0.15, 0.2) is 42.0 Å². The predicted octanol–water partition coefficient (Wildman–Crippen LogP) is 3.96. The van der Waals surface area contributed by atoms with Crippen molar-refractivity contribution in [3.8, 4) is 17.6 Å². The third-order valence-corrected chi connectivity index (χ3v) is 4.42. The highest BCUT2D eigenvalue weighted by atomic mass is 127. The first-order chi connectivity index (χ1) is 13.3. The zero-order chi connectivity index (χ0) is 20.7. The van der Waals surface area contributed by atoms with Crippen molar-refractivity contribution in [1.82, 2.24) is 0 Å². The third-order valence-electron chi connectivity index (χ3n) is 3.37. The van der Waals surface area contributed by atoms with Crippen LogP contribution in [0, 0.1) is 14.9 Å². The monoisotopic (exact) mass is 512 g/mol. The normalized spacial score (nSPS) is 10.7. The lowest BCUT2D eigenvalue weighted by Crippen LogP contribution is -2.13. The van der Waals surface area contributed by atoms with Gasteiger partial charge in [0.25, 0.3) is 5.91 Å². The Kier molecular flexibility index (Phi) is 7.66. The number of rotatable bonds is 7. The smallest absolute Gasteiger partial charge is 0.341 e. The fourth-order valence-corrected chi connectivity index (χ4v) is 3.05. The van der Waals surface area contributed by atoms with Crippen LogP contribution in [0.25, 0.3) is 6.08 Å². The fourth-order valence-electron chi connectivity index (χ4n) is 2.14. The molecule has 0 bridgehead atoms. The first-order valence-corrected chi connectivity index (χ1v) is 9.20. The number of nitriles is 1. The Morgan fingerprint density at radius 3 is 2.57 bits per heavy atom. The first-order valence-electron chi connectivity index (χ1n) is 7.75. The summed E-state index contributed by atoms with van der Waals surface area (Å²) in [6.45, 7) is -0.519. The minimum Gasteiger partial charge on any atom is -0.493 e. The molecular formula is C19H14ClIN2O5. The number of aliphatic carboxylic acids is 1. The Hall–Kier alpha value is -2.77. The van der Waals surface area contributed by atoms with Gasteiger partial charge in [0.1, 0.15) is 11.6 Å². The maximum absolute atomic E-state index is 12.4. The summed E-state index contributed by atoms with van der Waals surface area (Å²) in [5.74, 6) is -1.14. The van der Waals surface area contributed by atoms with Crippen LogP contribution in [0.4, 0.5) is 5.69 Å². The molecule has 2 aromatic carbocycles. The maximum atomic E-state index is 12.4. The number of methoxy groups -OCH3 is 1. The van der Waals surface area contributed by atoms with Crippen molar-refractivity contribution in [3.63, 3.8) is 0 Å². The van der Waals surface area contributed by atoms with Crippen LogP contribution in [-0.4, -0.2) is 30.7 Å². The molecule has 144 valence electrons. The Morgan fingerprint density at radius 2 is 2.00 bits per heavy atom. The number of halogens is 2. The van der Waals surface area contributed by atoms with E-state index in [-0.39, 0.29) is 17.1 Å². The number of carboxylic acid groups (broad SMARTS) is 1. The van der Waals surface area contributed by atoms with Crippen molar-refractivity contribution >= 4 is 57.8 Å². The number of ether oxygens (including phenoxy) is 2. The van der Waals surface area contributed by atoms with Gasteiger partial charge in [-0.15, -0.1) is 0 Å². The van der Waals surface area contributed by atoms with Gasteiger partial charge in [0.2, 0.25) is 0 Å². The SMILES string of the molecule is COc1cc(/C=C(/C#N)C(=O)Nc2ccc(Cl)cc2)cc(I)c1OCC(=O)O. The molecule has 0 saturated carbocycles. The van der Waals surface area contributed by atoms with Gasteiger partial charge in [-0.05, 0) is 70.6 Å². The van der Waals surface area contributed by atoms with Crippen molar-refractivity contribution in [1.29, 1.82) is 5.26 Å². The minimum atomic E-state index is -1.12. The number of carbonyl (C=O) groups is 2. The highest BCUT2D eigenvalue weighted by Gasteiger charge is 2.15. The molecule has 0 aliphatic rings. The van der Waals surface area contributed by atoms with Crippen LogP contribution >= 0.6 is 34.2 Å². The second kappa shape index (κ2) is 9.96. The summed E-state index contributed by atoms with van der Waals surface area (Å²) in [4.78, 5) is 23.1. The zero-order valence-corrected chi connectivity index (χ0v) is 17.4. The van der Waals surface area contributed by atoms with Gasteiger partial charge < -0.3 is 19.9 Å². The van der Waals surface area contributed by atoms with Gasteiger partial charge in [-0.3, -0.25) is 4.79 Å². The Bertz CT molecular complexity index is 968. The summed E-state index contributed by atoms with van der Waals surface area (Å²) < 4.78 is 11.0. The van der Waals surface area contributed by atoms with Crippen molar-refractivity contribution < 1.29 is 24.2 Å². The first kappa shape index (κ1) is 21.5. The summed E-state index contributed by atoms with van der Waals surface area (Å²) in [7, 11) is 1.41. The van der Waals surface area contributed by atoms with Gasteiger partial charge in [0.15, 0.2) is 18.1 Å². The molecule has 0 saturated heterocycles. The molecule has 2 N–H and O–H groups in total. The second-order valence-electron chi connectivity index (χ2n) is 5.35. The molecule has 0 radical (unpaired) electrons. The van der Waals surface area contributed by atoms with Crippen LogP contribution < -0.4 is 14.8 Å². The number of nitrogens with zero attached hydrogens (tertiary/aromatic N) is 1. The molecule has 0 aromatic heterocycles. The predicted molar refractivity (Wildman–Crippen MR) is 113 cm³/mol. The molecule has 0 atom stereocenters. The van der Waals surface area contributed by atoms with Crippen molar-refractivity contribution in [2.75, 3.05) is 19.0 Å². The number of amides is 1. The van der Waals surface area contributed by atoms with Gasteiger partial charge in [0.05, 0.1) is 10.7 Å². The number of nitrogens with one attached hydrogen (secondary N) is 1. The topological polar surface area (TPSA) is 109 Å². The molecule has 0 spiro atoms. The van der Waals surface area contributed by atoms with Gasteiger partial charge in [0, 0.05) is 10.7 Å². The molecule has 0 unspecified atom stereocenters. The molecule has 0 aliphatic heterocycles. The number of carboxylic acids is 1. The average molecular weight is 513 g/mol. The lowest BCUT2D eigenvalue weighted by Gasteiger charge is -2.12. The summed E-state index contributed by atoms with van der Waals surface area (Å²) in [6.07, 6.45) is 1.40. The second-order valence-corrected chi connectivity index (χ2v) is 6.95. The average Bonchev–Trinajstić information content (AvgIpc) is 2.66. The molecule has 1 amide bonds. The van der Waals surface area contributed by atoms with E-state index < -0.39 is 18.5 Å². The van der Waals surface area contributed by atoms with Gasteiger partial charge in [-0.1, -0.05) is 11.6 Å². The Balaban J connectivity index is 2.28. The maximum Gasteiger partial charge on any atom is 0.341 e. The molecule has 2 rings (SSSR count). The van der Waals surface area contributed by atoms with Crippen LogP contribution in [-0.2, 0) is 9.59 Å². The fraction of sp³-hybridized carbons (Fsp3) is 0.105. The van der Waals surface area contributed by atoms with E-state index >= 15 is 0 Å². The van der Waals surface area contributed by atoms with E-state index in [0.29, 0.717) is 19.8 Å². The van der Waals surface area contributed by atoms with E-state index in [1.807, 2.05) is 28.7 Å². The van der Waals surface area contributed by atoms with Crippen LogP contribution in [0.1, 0.15) is 5.56 Å². The van der Waals surface area contributed by atoms with E-state index in [1.54, 1.807) is 36.4 Å². The van der Waals surface area contributed by atoms with E-state index in [4.69, 9.17) is 26.2 Å². The van der Waals surface area contributed by atoms with E-state index in [1.165, 1.54) is 13.2 Å². The number of benzene rings is 2. The highest BCUT2D eigenvalue weighted by molar-refractivity contribution is 14.1. The highest BCUT2D eigenvalue weighted by Crippen LogP contribution is 2.34. The summed E-state index contributed by atoms with van der Waals surface area (Å²) in [5, 5.41) is 21.3. The summed E-state index contributed by atoms with van der Waals surface area (Å²) in [6, 6.07) is 11.5. The summed E-state index contributed by atoms with van der Waals surface area (Å²) in [5.41, 5.74) is 0.902. The van der Waals surface area contributed by atoms with Crippen LogP contribution in [0.5, 0.6) is 11.5 Å². The minimum absolute atomic E-state index is 0.119. The zero-order valence-electron chi connectivity index (χ0n) is 14.5. The Labute approximate surface area is 179 Å². The molecule has 7 nitrogen and oxygen atoms in total. The van der Waals surface area contributed by atoms with Crippen LogP contribution in [0.3, 0.4) is 0 Å². The molecule has 0 fully saturated rings. The molecule has 2 aromatic rings. The lowest BCUT2D eigenvalue weighted by atomic mass is 10.1. The van der Waals surface area contributed by atoms with Gasteiger partial charge >= 0.3 is 5.97 Å². The van der Waals surface area contributed by atoms with Crippen molar-refractivity contribution in [2.24, 2.45) is 0 Å². The largest absolute Gasteiger partial charge is 0.493 e. The van der Waals surface area contributed by atoms with Crippen molar-refractivity contribution in [3.05, 3.63) is 56.1 Å². The third kappa shape index (κ3) is 5.87. The number of anilines is 1. The standard InChI is InChI=1S/C19H14ClIN2O5/c1-27-16-8-11(7-15(21)18(16)28-10-17(24)25)6-12(9-22)19(26)23-14-4-2-13(20)3-5-14/h2-8H,10H2,1H3,(H,23,26)(H,24,25)/b12-6-. The quantitative estimate of drug-likeness (QED) is 0.330. The molecule has 28 heavy (non-hydrogen) atoms. The molecular weight excluding hydrogens is 499 g/mol. The van der Waals surface area contributed by atoms with Crippen LogP contribution in [0.2, 0.25) is 5.02 Å². The van der Waals surface area contributed by atoms with E-state index in [9.17, 15) is 14.9 Å². The van der Waals surface area contributed by atoms with Crippen molar-refractivity contribution in [2.45, 2.75) is 0 Å². The van der Waals surface area contributed by atoms with E-state index in [0.717, 1.165) is 0 Å². The lowest BCUT2D eigenvalue weighted by molar-refractivity contribution is -0.139. The van der Waals surface area contributed by atoms with Gasteiger partial charge in [-0.25, -0.2) is 4.79 Å². The van der Waals surface area contributed by atoms with E-state index in [2.05, 4.69) is 5.32 Å².